The van der Waals surface area contributed by atoms with Crippen LogP contribution in [0.15, 0.2) is 5.38 Å². The van der Waals surface area contributed by atoms with Crippen LogP contribution in [-0.4, -0.2) is 36.4 Å². The average molecular weight is 243 g/mol. The molecule has 1 N–H and O–H groups in total. The van der Waals surface area contributed by atoms with E-state index in [-0.39, 0.29) is 5.69 Å². The number of thiazole rings is 1. The van der Waals surface area contributed by atoms with Gasteiger partial charge in [-0.2, -0.15) is 0 Å². The summed E-state index contributed by atoms with van der Waals surface area (Å²) in [6, 6.07) is 0. The fraction of sp³-hybridized carbons (Fsp3) is 0.600. The number of rotatable bonds is 3. The van der Waals surface area contributed by atoms with Crippen molar-refractivity contribution in [1.82, 2.24) is 4.98 Å². The Labute approximate surface area is 97.0 Å². The molecule has 1 aliphatic rings. The number of hydrogen-bond acceptors (Lipinski definition) is 5. The maximum Gasteiger partial charge on any atom is 0.355 e. The van der Waals surface area contributed by atoms with Gasteiger partial charge in [0.05, 0.1) is 0 Å². The lowest BCUT2D eigenvalue weighted by Crippen LogP contribution is -2.35. The molecule has 1 saturated heterocycles. The van der Waals surface area contributed by atoms with Crippen LogP contribution in [0.2, 0.25) is 0 Å². The molecule has 0 spiro atoms. The fourth-order valence-corrected chi connectivity index (χ4v) is 2.82. The molecule has 88 valence electrons. The van der Waals surface area contributed by atoms with Crippen molar-refractivity contribution in [3.63, 3.8) is 0 Å². The Kier molecular flexibility index (Phi) is 3.22. The van der Waals surface area contributed by atoms with Crippen molar-refractivity contribution in [3.05, 3.63) is 16.1 Å². The highest BCUT2D eigenvalue weighted by Gasteiger charge is 2.37. The Balaban J connectivity index is 2.28. The van der Waals surface area contributed by atoms with Gasteiger partial charge in [-0.25, -0.2) is 9.78 Å². The summed E-state index contributed by atoms with van der Waals surface area (Å²) in [5, 5.41) is 11.1. The van der Waals surface area contributed by atoms with E-state index in [1.807, 2.05) is 0 Å². The van der Waals surface area contributed by atoms with Gasteiger partial charge in [-0.1, -0.05) is 0 Å². The first-order valence-corrected chi connectivity index (χ1v) is 5.88. The lowest BCUT2D eigenvalue weighted by Gasteiger charge is -2.33. The minimum absolute atomic E-state index is 0.0860. The Morgan fingerprint density at radius 1 is 1.62 bits per heavy atom. The number of nitrogens with zero attached hydrogens (tertiary/aromatic N) is 1. The summed E-state index contributed by atoms with van der Waals surface area (Å²) in [4.78, 5) is 14.9. The molecule has 0 amide bonds. The predicted octanol–water partition coefficient (Wildman–Crippen LogP) is 1.49. The third kappa shape index (κ3) is 1.95. The van der Waals surface area contributed by atoms with E-state index in [1.165, 1.54) is 11.3 Å². The van der Waals surface area contributed by atoms with Gasteiger partial charge in [0.25, 0.3) is 0 Å². The van der Waals surface area contributed by atoms with Gasteiger partial charge in [0.2, 0.25) is 0 Å². The molecule has 2 heterocycles. The molecule has 1 aromatic rings. The van der Waals surface area contributed by atoms with Crippen LogP contribution >= 0.6 is 11.3 Å². The van der Waals surface area contributed by atoms with Crippen LogP contribution in [0.1, 0.15) is 28.3 Å². The highest BCUT2D eigenvalue weighted by Crippen LogP contribution is 2.37. The van der Waals surface area contributed by atoms with Crippen molar-refractivity contribution in [2.75, 3.05) is 20.3 Å². The number of ether oxygens (including phenoxy) is 2. The molecule has 5 nitrogen and oxygen atoms in total. The van der Waals surface area contributed by atoms with E-state index >= 15 is 0 Å². The van der Waals surface area contributed by atoms with Gasteiger partial charge >= 0.3 is 5.97 Å². The monoisotopic (exact) mass is 243 g/mol. The Morgan fingerprint density at radius 3 is 2.81 bits per heavy atom. The third-order valence-corrected chi connectivity index (χ3v) is 3.83. The lowest BCUT2D eigenvalue weighted by molar-refractivity contribution is -0.0948. The number of carboxylic acid groups (broad SMARTS) is 1. The normalized spacial score (nSPS) is 19.6. The molecule has 0 radical (unpaired) electrons. The van der Waals surface area contributed by atoms with Gasteiger partial charge in [0.15, 0.2) is 5.69 Å². The topological polar surface area (TPSA) is 68.7 Å². The highest BCUT2D eigenvalue weighted by molar-refractivity contribution is 7.10. The quantitative estimate of drug-likeness (QED) is 0.871. The zero-order valence-corrected chi connectivity index (χ0v) is 9.75. The van der Waals surface area contributed by atoms with Crippen molar-refractivity contribution in [2.45, 2.75) is 18.4 Å². The van der Waals surface area contributed by atoms with Crippen molar-refractivity contribution in [1.29, 1.82) is 0 Å². The number of aromatic nitrogens is 1. The zero-order chi connectivity index (χ0) is 11.6. The summed E-state index contributed by atoms with van der Waals surface area (Å²) in [6.45, 7) is 1.24. The van der Waals surface area contributed by atoms with Crippen LogP contribution in [0.25, 0.3) is 0 Å². The van der Waals surface area contributed by atoms with E-state index in [0.717, 1.165) is 17.8 Å². The van der Waals surface area contributed by atoms with Crippen LogP contribution in [0.3, 0.4) is 0 Å². The van der Waals surface area contributed by atoms with Crippen LogP contribution in [0.4, 0.5) is 0 Å². The summed E-state index contributed by atoms with van der Waals surface area (Å²) >= 11 is 1.34. The summed E-state index contributed by atoms with van der Waals surface area (Å²) in [5.74, 6) is -0.999. The molecule has 1 aliphatic heterocycles. The molecule has 6 heteroatoms. The van der Waals surface area contributed by atoms with Gasteiger partial charge in [0.1, 0.15) is 10.6 Å². The molecule has 0 atom stereocenters. The average Bonchev–Trinajstić information content (AvgIpc) is 2.80. The van der Waals surface area contributed by atoms with E-state index in [1.54, 1.807) is 12.5 Å². The first-order valence-electron chi connectivity index (χ1n) is 5.00. The SMILES string of the molecule is COC1(c2nc(C(=O)O)cs2)CCOCC1. The maximum absolute atomic E-state index is 10.8. The minimum atomic E-state index is -0.999. The van der Waals surface area contributed by atoms with Gasteiger partial charge in [-0.15, -0.1) is 11.3 Å². The molecule has 0 bridgehead atoms. The molecule has 0 aromatic carbocycles. The van der Waals surface area contributed by atoms with Gasteiger partial charge in [-0.05, 0) is 0 Å². The first-order chi connectivity index (χ1) is 7.68. The van der Waals surface area contributed by atoms with Gasteiger partial charge < -0.3 is 14.6 Å². The van der Waals surface area contributed by atoms with E-state index in [9.17, 15) is 4.79 Å². The summed E-state index contributed by atoms with van der Waals surface area (Å²) in [7, 11) is 1.63. The third-order valence-electron chi connectivity index (χ3n) is 2.80. The molecule has 2 rings (SSSR count). The van der Waals surface area contributed by atoms with Crippen molar-refractivity contribution >= 4 is 17.3 Å². The summed E-state index contributed by atoms with van der Waals surface area (Å²) in [5.41, 5.74) is -0.376. The number of carboxylic acids is 1. The molecule has 0 saturated carbocycles. The predicted molar refractivity (Wildman–Crippen MR) is 57.8 cm³/mol. The number of hydrogen-bond donors (Lipinski definition) is 1. The highest BCUT2D eigenvalue weighted by atomic mass is 32.1. The van der Waals surface area contributed by atoms with Crippen molar-refractivity contribution in [3.8, 4) is 0 Å². The summed E-state index contributed by atoms with van der Waals surface area (Å²) < 4.78 is 10.8. The molecule has 0 unspecified atom stereocenters. The largest absolute Gasteiger partial charge is 0.476 e. The van der Waals surface area contributed by atoms with Gasteiger partial charge in [-0.3, -0.25) is 0 Å². The minimum Gasteiger partial charge on any atom is -0.476 e. The molecule has 1 fully saturated rings. The second-order valence-corrected chi connectivity index (χ2v) is 4.51. The zero-order valence-electron chi connectivity index (χ0n) is 8.93. The van der Waals surface area contributed by atoms with Crippen molar-refractivity contribution in [2.24, 2.45) is 0 Å². The van der Waals surface area contributed by atoms with E-state index in [2.05, 4.69) is 4.98 Å². The van der Waals surface area contributed by atoms with E-state index in [4.69, 9.17) is 14.6 Å². The number of methoxy groups -OCH3 is 1. The smallest absolute Gasteiger partial charge is 0.355 e. The standard InChI is InChI=1S/C10H13NO4S/c1-14-10(2-4-15-5-3-10)9-11-7(6-16-9)8(12)13/h6H,2-5H2,1H3,(H,12,13). The molecular formula is C10H13NO4S. The first kappa shape index (κ1) is 11.5. The summed E-state index contributed by atoms with van der Waals surface area (Å²) in [6.07, 6.45) is 1.44. The maximum atomic E-state index is 10.8. The lowest BCUT2D eigenvalue weighted by atomic mass is 9.95. The Morgan fingerprint density at radius 2 is 2.31 bits per heavy atom. The fourth-order valence-electron chi connectivity index (χ4n) is 1.79. The Bertz CT molecular complexity index is 384. The van der Waals surface area contributed by atoms with Crippen molar-refractivity contribution < 1.29 is 19.4 Å². The van der Waals surface area contributed by atoms with Gasteiger partial charge in [0, 0.05) is 38.5 Å². The second kappa shape index (κ2) is 4.48. The number of aromatic carboxylic acids is 1. The van der Waals surface area contributed by atoms with E-state index in [0.29, 0.717) is 13.2 Å². The van der Waals surface area contributed by atoms with E-state index < -0.39 is 11.6 Å². The molecule has 16 heavy (non-hydrogen) atoms. The van der Waals surface area contributed by atoms with Crippen LogP contribution in [0.5, 0.6) is 0 Å². The molecule has 0 aliphatic carbocycles. The van der Waals surface area contributed by atoms with Crippen LogP contribution < -0.4 is 0 Å². The molecular weight excluding hydrogens is 230 g/mol. The van der Waals surface area contributed by atoms with Crippen LogP contribution in [0, 0.1) is 0 Å². The Hall–Kier alpha value is -0.980. The van der Waals surface area contributed by atoms with Crippen LogP contribution in [-0.2, 0) is 15.1 Å². The second-order valence-electron chi connectivity index (χ2n) is 3.65. The number of carbonyl (C=O) groups is 1. The molecule has 1 aromatic heterocycles.